The first-order chi connectivity index (χ1) is 7.59. The predicted octanol–water partition coefficient (Wildman–Crippen LogP) is 2.98. The molecule has 0 aromatic heterocycles. The highest BCUT2D eigenvalue weighted by Crippen LogP contribution is 2.26. The number of hydrogen-bond donors (Lipinski definition) is 1. The molecule has 2 rings (SSSR count). The Morgan fingerprint density at radius 1 is 1.25 bits per heavy atom. The van der Waals surface area contributed by atoms with Crippen LogP contribution in [0.3, 0.4) is 0 Å². The van der Waals surface area contributed by atoms with Crippen molar-refractivity contribution in [3.63, 3.8) is 0 Å². The minimum absolute atomic E-state index is 0.334. The van der Waals surface area contributed by atoms with Gasteiger partial charge in [-0.2, -0.15) is 0 Å². The lowest BCUT2D eigenvalue weighted by atomic mass is 9.85. The van der Waals surface area contributed by atoms with Gasteiger partial charge >= 0.3 is 0 Å². The van der Waals surface area contributed by atoms with Crippen LogP contribution in [0, 0.1) is 11.6 Å². The summed E-state index contributed by atoms with van der Waals surface area (Å²) < 4.78 is 25.7. The van der Waals surface area contributed by atoms with Crippen LogP contribution in [-0.4, -0.2) is 10.7 Å². The molecule has 1 N–H and O–H groups in total. The zero-order valence-corrected chi connectivity index (χ0v) is 8.92. The molecule has 1 atom stereocenters. The van der Waals surface area contributed by atoms with E-state index in [1.54, 1.807) is 6.08 Å². The normalized spacial score (nSPS) is 24.7. The second kappa shape index (κ2) is 4.34. The molecule has 3 heteroatoms. The third-order valence-electron chi connectivity index (χ3n) is 2.90. The van der Waals surface area contributed by atoms with Crippen LogP contribution in [0.4, 0.5) is 8.78 Å². The highest BCUT2D eigenvalue weighted by Gasteiger charge is 2.25. The third kappa shape index (κ3) is 2.47. The molecule has 0 bridgehead atoms. The van der Waals surface area contributed by atoms with Crippen molar-refractivity contribution < 1.29 is 13.9 Å². The second-order valence-corrected chi connectivity index (χ2v) is 4.32. The van der Waals surface area contributed by atoms with E-state index in [2.05, 4.69) is 0 Å². The van der Waals surface area contributed by atoms with Gasteiger partial charge in [0, 0.05) is 6.42 Å². The zero-order chi connectivity index (χ0) is 11.6. The first-order valence-corrected chi connectivity index (χ1v) is 5.43. The number of allylic oxidation sites excluding steroid dienone is 1. The molecule has 1 aromatic rings. The third-order valence-corrected chi connectivity index (χ3v) is 2.90. The first kappa shape index (κ1) is 11.3. The van der Waals surface area contributed by atoms with Gasteiger partial charge in [0.15, 0.2) is 11.6 Å². The fourth-order valence-electron chi connectivity index (χ4n) is 2.06. The number of halogens is 2. The van der Waals surface area contributed by atoms with Gasteiger partial charge in [-0.3, -0.25) is 0 Å². The Morgan fingerprint density at radius 3 is 2.69 bits per heavy atom. The summed E-state index contributed by atoms with van der Waals surface area (Å²) in [6, 6.07) is 3.76. The van der Waals surface area contributed by atoms with Gasteiger partial charge in [0.05, 0.1) is 5.60 Å². The maximum absolute atomic E-state index is 13.0. The van der Waals surface area contributed by atoms with E-state index in [4.69, 9.17) is 0 Å². The Hall–Kier alpha value is -1.22. The first-order valence-electron chi connectivity index (χ1n) is 5.43. The molecule has 0 saturated carbocycles. The van der Waals surface area contributed by atoms with Crippen molar-refractivity contribution in [3.05, 3.63) is 47.5 Å². The maximum Gasteiger partial charge on any atom is 0.159 e. The van der Waals surface area contributed by atoms with E-state index in [-0.39, 0.29) is 0 Å². The molecule has 86 valence electrons. The lowest BCUT2D eigenvalue weighted by Crippen LogP contribution is -2.30. The molecule has 0 heterocycles. The summed E-state index contributed by atoms with van der Waals surface area (Å²) in [6.45, 7) is 0. The molecule has 0 radical (unpaired) electrons. The van der Waals surface area contributed by atoms with Gasteiger partial charge in [0.2, 0.25) is 0 Å². The molecule has 0 aliphatic heterocycles. The van der Waals surface area contributed by atoms with Gasteiger partial charge in [-0.15, -0.1) is 0 Å². The fourth-order valence-corrected chi connectivity index (χ4v) is 2.06. The Bertz CT molecular complexity index is 414. The van der Waals surface area contributed by atoms with Crippen molar-refractivity contribution in [1.29, 1.82) is 0 Å². The Labute approximate surface area is 93.4 Å². The summed E-state index contributed by atoms with van der Waals surface area (Å²) in [6.07, 6.45) is 6.60. The molecule has 0 fully saturated rings. The molecule has 0 spiro atoms. The standard InChI is InChI=1S/C13H14F2O/c14-11-5-4-10(8-12(11)15)9-13(16)6-2-1-3-7-13/h2,4-6,8,16H,1,3,7,9H2. The van der Waals surface area contributed by atoms with Crippen LogP contribution in [0.1, 0.15) is 24.8 Å². The van der Waals surface area contributed by atoms with Crippen LogP contribution in [0.25, 0.3) is 0 Å². The SMILES string of the molecule is OC1(Cc2ccc(F)c(F)c2)C=CCCC1. The van der Waals surface area contributed by atoms with Crippen molar-refractivity contribution in [3.8, 4) is 0 Å². The van der Waals surface area contributed by atoms with Crippen LogP contribution in [-0.2, 0) is 6.42 Å². The topological polar surface area (TPSA) is 20.2 Å². The van der Waals surface area contributed by atoms with Gasteiger partial charge in [0.1, 0.15) is 0 Å². The molecule has 1 nitrogen and oxygen atoms in total. The van der Waals surface area contributed by atoms with Crippen LogP contribution >= 0.6 is 0 Å². The van der Waals surface area contributed by atoms with Crippen LogP contribution in [0.5, 0.6) is 0 Å². The molecule has 0 saturated heterocycles. The average molecular weight is 224 g/mol. The van der Waals surface area contributed by atoms with Crippen molar-refractivity contribution in [2.75, 3.05) is 0 Å². The van der Waals surface area contributed by atoms with Crippen molar-refractivity contribution >= 4 is 0 Å². The van der Waals surface area contributed by atoms with E-state index in [1.807, 2.05) is 6.08 Å². The van der Waals surface area contributed by atoms with E-state index in [0.717, 1.165) is 25.0 Å². The zero-order valence-electron chi connectivity index (χ0n) is 8.92. The van der Waals surface area contributed by atoms with Gasteiger partial charge in [-0.1, -0.05) is 18.2 Å². The summed E-state index contributed by atoms with van der Waals surface area (Å²) in [5, 5.41) is 10.2. The van der Waals surface area contributed by atoms with Crippen LogP contribution in [0.2, 0.25) is 0 Å². The van der Waals surface area contributed by atoms with Crippen molar-refractivity contribution in [2.24, 2.45) is 0 Å². The van der Waals surface area contributed by atoms with Gasteiger partial charge < -0.3 is 5.11 Å². The average Bonchev–Trinajstić information content (AvgIpc) is 2.24. The van der Waals surface area contributed by atoms with E-state index < -0.39 is 17.2 Å². The van der Waals surface area contributed by atoms with E-state index in [0.29, 0.717) is 18.4 Å². The van der Waals surface area contributed by atoms with Crippen molar-refractivity contribution in [1.82, 2.24) is 0 Å². The lowest BCUT2D eigenvalue weighted by molar-refractivity contribution is 0.0750. The highest BCUT2D eigenvalue weighted by atomic mass is 19.2. The lowest BCUT2D eigenvalue weighted by Gasteiger charge is -2.27. The molecule has 16 heavy (non-hydrogen) atoms. The molecular weight excluding hydrogens is 210 g/mol. The molecular formula is C13H14F2O. The Morgan fingerprint density at radius 2 is 2.06 bits per heavy atom. The smallest absolute Gasteiger partial charge is 0.159 e. The Kier molecular flexibility index (Phi) is 3.06. The van der Waals surface area contributed by atoms with E-state index >= 15 is 0 Å². The number of hydrogen-bond acceptors (Lipinski definition) is 1. The predicted molar refractivity (Wildman–Crippen MR) is 58.0 cm³/mol. The summed E-state index contributed by atoms with van der Waals surface area (Å²) >= 11 is 0. The van der Waals surface area contributed by atoms with Gasteiger partial charge in [0.25, 0.3) is 0 Å². The van der Waals surface area contributed by atoms with Crippen molar-refractivity contribution in [2.45, 2.75) is 31.3 Å². The minimum atomic E-state index is -0.900. The summed E-state index contributed by atoms with van der Waals surface area (Å²) in [7, 11) is 0. The quantitative estimate of drug-likeness (QED) is 0.766. The number of benzene rings is 1. The van der Waals surface area contributed by atoms with E-state index in [9.17, 15) is 13.9 Å². The minimum Gasteiger partial charge on any atom is -0.385 e. The molecule has 1 unspecified atom stereocenters. The maximum atomic E-state index is 13.0. The van der Waals surface area contributed by atoms with Gasteiger partial charge in [-0.05, 0) is 37.0 Å². The summed E-state index contributed by atoms with van der Waals surface area (Å²) in [4.78, 5) is 0. The molecule has 1 aliphatic carbocycles. The molecule has 1 aromatic carbocycles. The summed E-state index contributed by atoms with van der Waals surface area (Å²) in [5.41, 5.74) is -0.282. The molecule has 0 amide bonds. The fraction of sp³-hybridized carbons (Fsp3) is 0.385. The van der Waals surface area contributed by atoms with Crippen LogP contribution in [0.15, 0.2) is 30.4 Å². The largest absolute Gasteiger partial charge is 0.385 e. The molecule has 1 aliphatic rings. The number of rotatable bonds is 2. The highest BCUT2D eigenvalue weighted by molar-refractivity contribution is 5.22. The van der Waals surface area contributed by atoms with E-state index in [1.165, 1.54) is 6.07 Å². The van der Waals surface area contributed by atoms with Gasteiger partial charge in [-0.25, -0.2) is 8.78 Å². The van der Waals surface area contributed by atoms with Crippen LogP contribution < -0.4 is 0 Å². The monoisotopic (exact) mass is 224 g/mol. The second-order valence-electron chi connectivity index (χ2n) is 4.32. The summed E-state index contributed by atoms with van der Waals surface area (Å²) in [5.74, 6) is -1.71. The number of aliphatic hydroxyl groups is 1. The Balaban J connectivity index is 2.17.